The van der Waals surface area contributed by atoms with Gasteiger partial charge in [-0.25, -0.2) is 13.8 Å². The zero-order valence-corrected chi connectivity index (χ0v) is 11.6. The molecule has 1 aromatic heterocycles. The molecule has 3 rings (SSSR count). The van der Waals surface area contributed by atoms with Gasteiger partial charge >= 0.3 is 0 Å². The van der Waals surface area contributed by atoms with Crippen molar-refractivity contribution in [2.45, 2.75) is 6.54 Å². The first-order valence-corrected chi connectivity index (χ1v) is 6.54. The predicted molar refractivity (Wildman–Crippen MR) is 78.1 cm³/mol. The third kappa shape index (κ3) is 2.66. The van der Waals surface area contributed by atoms with Gasteiger partial charge in [0.25, 0.3) is 11.2 Å². The minimum Gasteiger partial charge on any atom is -0.294 e. The van der Waals surface area contributed by atoms with Crippen molar-refractivity contribution in [3.63, 3.8) is 0 Å². The average molecular weight is 317 g/mol. The van der Waals surface area contributed by atoms with Gasteiger partial charge in [0.1, 0.15) is 11.6 Å². The Morgan fingerprint density at radius 3 is 2.74 bits per heavy atom. The molecule has 0 unspecified atom stereocenters. The Morgan fingerprint density at radius 2 is 2.00 bits per heavy atom. The molecule has 0 spiro atoms. The number of nitro benzene ring substituents is 1. The zero-order valence-electron chi connectivity index (χ0n) is 11.6. The van der Waals surface area contributed by atoms with Crippen LogP contribution in [0.4, 0.5) is 14.5 Å². The Labute approximate surface area is 127 Å². The molecule has 116 valence electrons. The summed E-state index contributed by atoms with van der Waals surface area (Å²) >= 11 is 0. The molecule has 0 aliphatic rings. The first-order valence-electron chi connectivity index (χ1n) is 6.54. The summed E-state index contributed by atoms with van der Waals surface area (Å²) in [4.78, 5) is 26.6. The Hall–Kier alpha value is -3.16. The molecule has 2 aromatic carbocycles. The molecule has 0 N–H and O–H groups in total. The molecule has 3 aromatic rings. The van der Waals surface area contributed by atoms with Gasteiger partial charge < -0.3 is 0 Å². The fourth-order valence-corrected chi connectivity index (χ4v) is 2.29. The van der Waals surface area contributed by atoms with Gasteiger partial charge in [-0.05, 0) is 18.2 Å². The van der Waals surface area contributed by atoms with Gasteiger partial charge in [-0.3, -0.25) is 19.5 Å². The van der Waals surface area contributed by atoms with Crippen LogP contribution in [-0.2, 0) is 6.54 Å². The third-order valence-corrected chi connectivity index (χ3v) is 3.41. The van der Waals surface area contributed by atoms with Crippen LogP contribution in [0.25, 0.3) is 10.9 Å². The van der Waals surface area contributed by atoms with Crippen molar-refractivity contribution in [2.75, 3.05) is 0 Å². The first kappa shape index (κ1) is 14.8. The molecule has 0 atom stereocenters. The van der Waals surface area contributed by atoms with E-state index in [1.54, 1.807) is 0 Å². The smallest absolute Gasteiger partial charge is 0.277 e. The third-order valence-electron chi connectivity index (χ3n) is 3.41. The second-order valence-corrected chi connectivity index (χ2v) is 4.83. The highest BCUT2D eigenvalue weighted by molar-refractivity contribution is 5.77. The molecular formula is C15H9F2N3O3. The van der Waals surface area contributed by atoms with Crippen LogP contribution < -0.4 is 5.56 Å². The minimum atomic E-state index is -0.787. The molecule has 0 aliphatic carbocycles. The summed E-state index contributed by atoms with van der Waals surface area (Å²) in [5.41, 5.74) is -1.01. The lowest BCUT2D eigenvalue weighted by Gasteiger charge is -2.08. The standard InChI is InChI=1S/C15H9F2N3O3/c16-9-4-5-10-13(6-9)18-8-19(15(10)21)7-11-12(17)2-1-3-14(11)20(22)23/h1-6,8H,7H2. The van der Waals surface area contributed by atoms with Crippen molar-refractivity contribution in [2.24, 2.45) is 0 Å². The normalized spacial score (nSPS) is 10.9. The number of halogens is 2. The number of fused-ring (bicyclic) bond motifs is 1. The van der Waals surface area contributed by atoms with E-state index in [-0.39, 0.29) is 23.0 Å². The average Bonchev–Trinajstić information content (AvgIpc) is 2.51. The quantitative estimate of drug-likeness (QED) is 0.549. The highest BCUT2D eigenvalue weighted by Crippen LogP contribution is 2.22. The number of nitrogens with zero attached hydrogens (tertiary/aromatic N) is 3. The van der Waals surface area contributed by atoms with Gasteiger partial charge in [-0.15, -0.1) is 0 Å². The lowest BCUT2D eigenvalue weighted by atomic mass is 10.1. The van der Waals surface area contributed by atoms with E-state index in [1.165, 1.54) is 12.1 Å². The number of hydrogen-bond acceptors (Lipinski definition) is 4. The Bertz CT molecular complexity index is 985. The van der Waals surface area contributed by atoms with Crippen molar-refractivity contribution in [1.82, 2.24) is 9.55 Å². The molecule has 0 fully saturated rings. The minimum absolute atomic E-state index is 0.146. The van der Waals surface area contributed by atoms with Gasteiger partial charge in [0.05, 0.1) is 34.3 Å². The maximum Gasteiger partial charge on any atom is 0.277 e. The van der Waals surface area contributed by atoms with Crippen LogP contribution in [0, 0.1) is 21.7 Å². The summed E-state index contributed by atoms with van der Waals surface area (Å²) in [5, 5.41) is 11.1. The van der Waals surface area contributed by atoms with Crippen molar-refractivity contribution in [3.05, 3.63) is 80.4 Å². The molecule has 1 heterocycles. The SMILES string of the molecule is O=c1c2ccc(F)cc2ncn1Cc1c(F)cccc1[N+](=O)[O-]. The topological polar surface area (TPSA) is 78.0 Å². The van der Waals surface area contributed by atoms with Gasteiger partial charge in [-0.1, -0.05) is 6.07 Å². The Balaban J connectivity index is 2.13. The van der Waals surface area contributed by atoms with Gasteiger partial charge in [0, 0.05) is 12.1 Å². The Kier molecular flexibility index (Phi) is 3.57. The van der Waals surface area contributed by atoms with Crippen LogP contribution in [-0.4, -0.2) is 14.5 Å². The fourth-order valence-electron chi connectivity index (χ4n) is 2.29. The van der Waals surface area contributed by atoms with Crippen LogP contribution in [0.5, 0.6) is 0 Å². The van der Waals surface area contributed by atoms with E-state index in [2.05, 4.69) is 4.98 Å². The number of nitro groups is 1. The van der Waals surface area contributed by atoms with Crippen LogP contribution >= 0.6 is 0 Å². The number of aromatic nitrogens is 2. The maximum atomic E-state index is 13.9. The van der Waals surface area contributed by atoms with E-state index in [4.69, 9.17) is 0 Å². The molecule has 23 heavy (non-hydrogen) atoms. The van der Waals surface area contributed by atoms with Crippen molar-refractivity contribution >= 4 is 16.6 Å². The molecule has 8 heteroatoms. The van der Waals surface area contributed by atoms with E-state index in [0.29, 0.717) is 0 Å². The number of benzene rings is 2. The summed E-state index contributed by atoms with van der Waals surface area (Å²) in [6.45, 7) is -0.345. The van der Waals surface area contributed by atoms with Crippen molar-refractivity contribution < 1.29 is 13.7 Å². The maximum absolute atomic E-state index is 13.9. The largest absolute Gasteiger partial charge is 0.294 e. The summed E-state index contributed by atoms with van der Waals surface area (Å²) in [7, 11) is 0. The summed E-state index contributed by atoms with van der Waals surface area (Å²) in [5.74, 6) is -1.32. The van der Waals surface area contributed by atoms with E-state index < -0.39 is 27.8 Å². The molecule has 0 amide bonds. The molecule has 0 bridgehead atoms. The highest BCUT2D eigenvalue weighted by Gasteiger charge is 2.19. The van der Waals surface area contributed by atoms with E-state index >= 15 is 0 Å². The van der Waals surface area contributed by atoms with Crippen molar-refractivity contribution in [3.8, 4) is 0 Å². The second kappa shape index (κ2) is 5.56. The van der Waals surface area contributed by atoms with Gasteiger partial charge in [0.2, 0.25) is 0 Å². The molecule has 0 saturated carbocycles. The van der Waals surface area contributed by atoms with Gasteiger partial charge in [-0.2, -0.15) is 0 Å². The van der Waals surface area contributed by atoms with Crippen molar-refractivity contribution in [1.29, 1.82) is 0 Å². The lowest BCUT2D eigenvalue weighted by Crippen LogP contribution is -2.22. The molecule has 0 radical (unpaired) electrons. The van der Waals surface area contributed by atoms with Crippen LogP contribution in [0.15, 0.2) is 47.5 Å². The predicted octanol–water partition coefficient (Wildman–Crippen LogP) is 2.63. The molecule has 0 saturated heterocycles. The monoisotopic (exact) mass is 317 g/mol. The molecular weight excluding hydrogens is 308 g/mol. The Morgan fingerprint density at radius 1 is 1.22 bits per heavy atom. The lowest BCUT2D eigenvalue weighted by molar-refractivity contribution is -0.385. The van der Waals surface area contributed by atoms with Crippen LogP contribution in [0.1, 0.15) is 5.56 Å². The van der Waals surface area contributed by atoms with Gasteiger partial charge in [0.15, 0.2) is 0 Å². The fraction of sp³-hybridized carbons (Fsp3) is 0.0667. The summed E-state index contributed by atoms with van der Waals surface area (Å²) < 4.78 is 28.1. The van der Waals surface area contributed by atoms with Crippen LogP contribution in [0.3, 0.4) is 0 Å². The number of rotatable bonds is 3. The van der Waals surface area contributed by atoms with E-state index in [1.807, 2.05) is 0 Å². The van der Waals surface area contributed by atoms with E-state index in [9.17, 15) is 23.7 Å². The zero-order chi connectivity index (χ0) is 16.6. The summed E-state index contributed by atoms with van der Waals surface area (Å²) in [6.07, 6.45) is 1.11. The van der Waals surface area contributed by atoms with Crippen LogP contribution in [0.2, 0.25) is 0 Å². The molecule has 0 aliphatic heterocycles. The number of hydrogen-bond donors (Lipinski definition) is 0. The summed E-state index contributed by atoms with van der Waals surface area (Å²) in [6, 6.07) is 6.95. The van der Waals surface area contributed by atoms with E-state index in [0.717, 1.165) is 35.2 Å². The second-order valence-electron chi connectivity index (χ2n) is 4.83. The first-order chi connectivity index (χ1) is 11.0. The molecule has 6 nitrogen and oxygen atoms in total. The highest BCUT2D eigenvalue weighted by atomic mass is 19.1.